The minimum Gasteiger partial charge on any atom is -0.496 e. The number of nitro benzene ring substituents is 1. The van der Waals surface area contributed by atoms with Crippen LogP contribution in [0.3, 0.4) is 0 Å². The van der Waals surface area contributed by atoms with E-state index in [2.05, 4.69) is 5.32 Å². The van der Waals surface area contributed by atoms with E-state index in [0.29, 0.717) is 23.1 Å². The summed E-state index contributed by atoms with van der Waals surface area (Å²) in [6, 6.07) is 8.77. The van der Waals surface area contributed by atoms with Gasteiger partial charge in [0.25, 0.3) is 11.6 Å². The number of ether oxygens (including phenoxy) is 2. The van der Waals surface area contributed by atoms with Crippen LogP contribution >= 0.6 is 11.6 Å². The van der Waals surface area contributed by atoms with E-state index in [4.69, 9.17) is 21.1 Å². The lowest BCUT2D eigenvalue weighted by atomic mass is 10.1. The molecule has 0 aliphatic carbocycles. The fraction of sp³-hybridized carbons (Fsp3) is 0.188. The Kier molecular flexibility index (Phi) is 5.59. The Balaban J connectivity index is 2.35. The molecule has 0 fully saturated rings. The number of nitro groups is 1. The van der Waals surface area contributed by atoms with Gasteiger partial charge in [0.15, 0.2) is 0 Å². The molecule has 8 heteroatoms. The zero-order valence-corrected chi connectivity index (χ0v) is 13.8. The van der Waals surface area contributed by atoms with Crippen molar-refractivity contribution in [2.45, 2.75) is 6.92 Å². The molecule has 0 radical (unpaired) electrons. The third-order valence-electron chi connectivity index (χ3n) is 3.13. The monoisotopic (exact) mass is 350 g/mol. The van der Waals surface area contributed by atoms with Crippen molar-refractivity contribution in [1.29, 1.82) is 0 Å². The predicted octanol–water partition coefficient (Wildman–Crippen LogP) is 3.91. The van der Waals surface area contributed by atoms with Crippen molar-refractivity contribution in [3.63, 3.8) is 0 Å². The number of carbonyl (C=O) groups is 1. The van der Waals surface area contributed by atoms with Crippen molar-refractivity contribution < 1.29 is 19.2 Å². The molecule has 0 heterocycles. The first-order chi connectivity index (χ1) is 11.5. The van der Waals surface area contributed by atoms with Crippen LogP contribution in [0.5, 0.6) is 11.5 Å². The first-order valence-electron chi connectivity index (χ1n) is 7.02. The van der Waals surface area contributed by atoms with E-state index >= 15 is 0 Å². The molecule has 126 valence electrons. The average Bonchev–Trinajstić information content (AvgIpc) is 2.56. The van der Waals surface area contributed by atoms with Crippen LogP contribution in [0.15, 0.2) is 36.4 Å². The Morgan fingerprint density at radius 3 is 2.67 bits per heavy atom. The van der Waals surface area contributed by atoms with Crippen LogP contribution < -0.4 is 14.8 Å². The molecular formula is C16H15ClN2O5. The fourth-order valence-corrected chi connectivity index (χ4v) is 2.24. The lowest BCUT2D eigenvalue weighted by Gasteiger charge is -2.11. The van der Waals surface area contributed by atoms with Crippen molar-refractivity contribution in [3.05, 3.63) is 57.1 Å². The molecule has 0 saturated carbocycles. The summed E-state index contributed by atoms with van der Waals surface area (Å²) in [6.45, 7) is 2.15. The average molecular weight is 351 g/mol. The highest BCUT2D eigenvalue weighted by molar-refractivity contribution is 6.31. The van der Waals surface area contributed by atoms with Crippen LogP contribution in [0.4, 0.5) is 11.4 Å². The SMILES string of the molecule is CCOc1ccc(NC(=O)c2cc(Cl)ccc2OC)c([N+](=O)[O-])c1. The van der Waals surface area contributed by atoms with Gasteiger partial charge >= 0.3 is 0 Å². The van der Waals surface area contributed by atoms with Gasteiger partial charge in [-0.05, 0) is 37.3 Å². The number of hydrogen-bond donors (Lipinski definition) is 1. The van der Waals surface area contributed by atoms with Gasteiger partial charge in [-0.1, -0.05) is 11.6 Å². The largest absolute Gasteiger partial charge is 0.496 e. The van der Waals surface area contributed by atoms with Gasteiger partial charge in [-0.15, -0.1) is 0 Å². The Bertz CT molecular complexity index is 779. The van der Waals surface area contributed by atoms with Crippen molar-refractivity contribution in [1.82, 2.24) is 0 Å². The number of halogens is 1. The molecule has 0 atom stereocenters. The maximum absolute atomic E-state index is 12.4. The topological polar surface area (TPSA) is 90.7 Å². The highest BCUT2D eigenvalue weighted by Crippen LogP contribution is 2.31. The molecule has 0 unspecified atom stereocenters. The lowest BCUT2D eigenvalue weighted by Crippen LogP contribution is -2.14. The van der Waals surface area contributed by atoms with E-state index in [9.17, 15) is 14.9 Å². The quantitative estimate of drug-likeness (QED) is 0.630. The Morgan fingerprint density at radius 2 is 2.04 bits per heavy atom. The standard InChI is InChI=1S/C16H15ClN2O5/c1-3-24-11-5-6-13(14(9-11)19(21)22)18-16(20)12-8-10(17)4-7-15(12)23-2/h4-9H,3H2,1-2H3,(H,18,20). The minimum absolute atomic E-state index is 0.0514. The van der Waals surface area contributed by atoms with Crippen molar-refractivity contribution in [2.75, 3.05) is 19.0 Å². The summed E-state index contributed by atoms with van der Waals surface area (Å²) in [5.74, 6) is 0.0923. The summed E-state index contributed by atoms with van der Waals surface area (Å²) in [6.07, 6.45) is 0. The molecule has 0 aliphatic rings. The summed E-state index contributed by atoms with van der Waals surface area (Å²) < 4.78 is 10.4. The second kappa shape index (κ2) is 7.65. The van der Waals surface area contributed by atoms with Gasteiger partial charge in [0, 0.05) is 5.02 Å². The van der Waals surface area contributed by atoms with Crippen molar-refractivity contribution >= 4 is 28.9 Å². The molecular weight excluding hydrogens is 336 g/mol. The van der Waals surface area contributed by atoms with Crippen LogP contribution in [0.25, 0.3) is 0 Å². The van der Waals surface area contributed by atoms with Gasteiger partial charge < -0.3 is 14.8 Å². The third kappa shape index (κ3) is 3.94. The molecule has 7 nitrogen and oxygen atoms in total. The van der Waals surface area contributed by atoms with Crippen LogP contribution in [-0.2, 0) is 0 Å². The number of nitrogens with zero attached hydrogens (tertiary/aromatic N) is 1. The van der Waals surface area contributed by atoms with E-state index in [-0.39, 0.29) is 16.9 Å². The smallest absolute Gasteiger partial charge is 0.296 e. The normalized spacial score (nSPS) is 10.1. The summed E-state index contributed by atoms with van der Waals surface area (Å²) in [7, 11) is 1.42. The van der Waals surface area contributed by atoms with E-state index in [1.807, 2.05) is 0 Å². The van der Waals surface area contributed by atoms with Gasteiger partial charge in [-0.3, -0.25) is 14.9 Å². The number of rotatable bonds is 6. The van der Waals surface area contributed by atoms with E-state index in [1.165, 1.54) is 25.3 Å². The molecule has 0 spiro atoms. The number of amides is 1. The summed E-state index contributed by atoms with van der Waals surface area (Å²) >= 11 is 5.90. The molecule has 0 bridgehead atoms. The summed E-state index contributed by atoms with van der Waals surface area (Å²) in [5, 5.41) is 14.1. The van der Waals surface area contributed by atoms with Crippen LogP contribution in [0, 0.1) is 10.1 Å². The number of carbonyl (C=O) groups excluding carboxylic acids is 1. The highest BCUT2D eigenvalue weighted by atomic mass is 35.5. The van der Waals surface area contributed by atoms with Gasteiger partial charge in [-0.2, -0.15) is 0 Å². The number of benzene rings is 2. The molecule has 2 rings (SSSR count). The number of nitrogens with one attached hydrogen (secondary N) is 1. The second-order valence-electron chi connectivity index (χ2n) is 4.67. The zero-order chi connectivity index (χ0) is 17.7. The minimum atomic E-state index is -0.590. The highest BCUT2D eigenvalue weighted by Gasteiger charge is 2.20. The second-order valence-corrected chi connectivity index (χ2v) is 5.10. The Labute approximate surface area is 143 Å². The van der Waals surface area contributed by atoms with Crippen LogP contribution in [0.1, 0.15) is 17.3 Å². The van der Waals surface area contributed by atoms with Gasteiger partial charge in [0.05, 0.1) is 30.3 Å². The van der Waals surface area contributed by atoms with Crippen LogP contribution in [0.2, 0.25) is 5.02 Å². The first kappa shape index (κ1) is 17.6. The molecule has 1 N–H and O–H groups in total. The predicted molar refractivity (Wildman–Crippen MR) is 90.2 cm³/mol. The van der Waals surface area contributed by atoms with E-state index in [1.54, 1.807) is 25.1 Å². The molecule has 1 amide bonds. The molecule has 2 aromatic carbocycles. The van der Waals surface area contributed by atoms with Gasteiger partial charge in [-0.25, -0.2) is 0 Å². The fourth-order valence-electron chi connectivity index (χ4n) is 2.07. The maximum atomic E-state index is 12.4. The third-order valence-corrected chi connectivity index (χ3v) is 3.37. The first-order valence-corrected chi connectivity index (χ1v) is 7.40. The van der Waals surface area contributed by atoms with Crippen molar-refractivity contribution in [3.8, 4) is 11.5 Å². The number of anilines is 1. The molecule has 0 aliphatic heterocycles. The summed E-state index contributed by atoms with van der Waals surface area (Å²) in [4.78, 5) is 23.1. The molecule has 2 aromatic rings. The van der Waals surface area contributed by atoms with E-state index in [0.717, 1.165) is 0 Å². The summed E-state index contributed by atoms with van der Waals surface area (Å²) in [5.41, 5.74) is -0.0426. The van der Waals surface area contributed by atoms with E-state index < -0.39 is 10.8 Å². The van der Waals surface area contributed by atoms with Gasteiger partial charge in [0.1, 0.15) is 17.2 Å². The zero-order valence-electron chi connectivity index (χ0n) is 13.0. The Hall–Kier alpha value is -2.80. The maximum Gasteiger partial charge on any atom is 0.296 e. The molecule has 0 aromatic heterocycles. The number of hydrogen-bond acceptors (Lipinski definition) is 5. The number of methoxy groups -OCH3 is 1. The Morgan fingerprint density at radius 1 is 1.29 bits per heavy atom. The lowest BCUT2D eigenvalue weighted by molar-refractivity contribution is -0.384. The molecule has 0 saturated heterocycles. The molecule has 24 heavy (non-hydrogen) atoms. The van der Waals surface area contributed by atoms with Crippen molar-refractivity contribution in [2.24, 2.45) is 0 Å². The van der Waals surface area contributed by atoms with Gasteiger partial charge in [0.2, 0.25) is 0 Å². The van der Waals surface area contributed by atoms with Crippen LogP contribution in [-0.4, -0.2) is 24.5 Å².